The van der Waals surface area contributed by atoms with Gasteiger partial charge in [0, 0.05) is 32.7 Å². The van der Waals surface area contributed by atoms with E-state index < -0.39 is 15.8 Å². The maximum Gasteiger partial charge on any atom is 0.243 e. The Bertz CT molecular complexity index is 682. The zero-order chi connectivity index (χ0) is 16.3. The number of hydrogen-bond acceptors (Lipinski definition) is 4. The second-order valence-corrected chi connectivity index (χ2v) is 7.66. The van der Waals surface area contributed by atoms with Gasteiger partial charge in [-0.2, -0.15) is 9.57 Å². The van der Waals surface area contributed by atoms with Crippen LogP contribution in [-0.4, -0.2) is 50.3 Å². The zero-order valence-corrected chi connectivity index (χ0v) is 13.7. The standard InChI is InChI=1S/C14H17ClFN3O2S/c1-11(9-17)10-18-4-6-19(7-5-18)22(20,21)12-2-3-14(16)13(15)8-12/h2-3,8,11H,4-7,10H2,1H3/t11-/m0/s1. The Morgan fingerprint density at radius 3 is 2.55 bits per heavy atom. The Kier molecular flexibility index (Phi) is 5.40. The van der Waals surface area contributed by atoms with Crippen LogP contribution in [0.5, 0.6) is 0 Å². The van der Waals surface area contributed by atoms with Crippen LogP contribution in [0.2, 0.25) is 5.02 Å². The second-order valence-electron chi connectivity index (χ2n) is 5.31. The molecular formula is C14H17ClFN3O2S. The number of sulfonamides is 1. The molecule has 0 bridgehead atoms. The Hall–Kier alpha value is -1.20. The Morgan fingerprint density at radius 2 is 2.00 bits per heavy atom. The van der Waals surface area contributed by atoms with Crippen LogP contribution in [-0.2, 0) is 10.0 Å². The van der Waals surface area contributed by atoms with Gasteiger partial charge in [-0.15, -0.1) is 0 Å². The van der Waals surface area contributed by atoms with E-state index >= 15 is 0 Å². The third-order valence-electron chi connectivity index (χ3n) is 3.61. The molecule has 1 fully saturated rings. The average molecular weight is 346 g/mol. The summed E-state index contributed by atoms with van der Waals surface area (Å²) in [5.41, 5.74) is 0. The Morgan fingerprint density at radius 1 is 1.36 bits per heavy atom. The highest BCUT2D eigenvalue weighted by molar-refractivity contribution is 7.89. The van der Waals surface area contributed by atoms with Crippen LogP contribution in [0.1, 0.15) is 6.92 Å². The van der Waals surface area contributed by atoms with E-state index in [1.807, 2.05) is 6.92 Å². The molecule has 0 amide bonds. The van der Waals surface area contributed by atoms with Crippen molar-refractivity contribution < 1.29 is 12.8 Å². The molecule has 0 spiro atoms. The summed E-state index contributed by atoms with van der Waals surface area (Å²) >= 11 is 5.66. The summed E-state index contributed by atoms with van der Waals surface area (Å²) in [7, 11) is -3.67. The lowest BCUT2D eigenvalue weighted by Crippen LogP contribution is -2.49. The number of piperazine rings is 1. The molecular weight excluding hydrogens is 329 g/mol. The molecule has 0 N–H and O–H groups in total. The molecule has 1 aliphatic rings. The number of nitriles is 1. The van der Waals surface area contributed by atoms with Crippen LogP contribution < -0.4 is 0 Å². The lowest BCUT2D eigenvalue weighted by molar-refractivity contribution is 0.178. The van der Waals surface area contributed by atoms with Gasteiger partial charge in [0.05, 0.1) is 21.9 Å². The van der Waals surface area contributed by atoms with Crippen molar-refractivity contribution in [1.82, 2.24) is 9.21 Å². The summed E-state index contributed by atoms with van der Waals surface area (Å²) in [5.74, 6) is -0.727. The summed E-state index contributed by atoms with van der Waals surface area (Å²) in [6, 6.07) is 5.58. The first-order valence-corrected chi connectivity index (χ1v) is 8.73. The molecule has 1 aliphatic heterocycles. The largest absolute Gasteiger partial charge is 0.299 e. The van der Waals surface area contributed by atoms with E-state index in [0.29, 0.717) is 32.7 Å². The monoisotopic (exact) mass is 345 g/mol. The van der Waals surface area contributed by atoms with Gasteiger partial charge in [-0.05, 0) is 25.1 Å². The van der Waals surface area contributed by atoms with E-state index in [0.717, 1.165) is 12.1 Å². The second kappa shape index (κ2) is 6.92. The lowest BCUT2D eigenvalue weighted by atomic mass is 10.2. The number of halogens is 2. The first kappa shape index (κ1) is 17.2. The van der Waals surface area contributed by atoms with Crippen molar-refractivity contribution in [2.75, 3.05) is 32.7 Å². The molecule has 0 radical (unpaired) electrons. The van der Waals surface area contributed by atoms with Gasteiger partial charge < -0.3 is 0 Å². The molecule has 1 saturated heterocycles. The van der Waals surface area contributed by atoms with Crippen molar-refractivity contribution in [1.29, 1.82) is 5.26 Å². The molecule has 1 aromatic rings. The molecule has 0 aromatic heterocycles. The zero-order valence-electron chi connectivity index (χ0n) is 12.2. The highest BCUT2D eigenvalue weighted by Crippen LogP contribution is 2.23. The van der Waals surface area contributed by atoms with Crippen LogP contribution in [0, 0.1) is 23.1 Å². The van der Waals surface area contributed by atoms with Gasteiger partial charge in [-0.25, -0.2) is 12.8 Å². The van der Waals surface area contributed by atoms with Crippen molar-refractivity contribution in [2.45, 2.75) is 11.8 Å². The predicted octanol–water partition coefficient (Wildman–Crippen LogP) is 1.95. The van der Waals surface area contributed by atoms with E-state index in [1.54, 1.807) is 0 Å². The maximum absolute atomic E-state index is 13.2. The maximum atomic E-state index is 13.2. The van der Waals surface area contributed by atoms with E-state index in [4.69, 9.17) is 16.9 Å². The summed E-state index contributed by atoms with van der Waals surface area (Å²) < 4.78 is 39.5. The van der Waals surface area contributed by atoms with Gasteiger partial charge in [0.25, 0.3) is 0 Å². The fraction of sp³-hybridized carbons (Fsp3) is 0.500. The van der Waals surface area contributed by atoms with Gasteiger partial charge in [-0.1, -0.05) is 11.6 Å². The number of hydrogen-bond donors (Lipinski definition) is 0. The summed E-state index contributed by atoms with van der Waals surface area (Å²) in [6.45, 7) is 4.29. The van der Waals surface area contributed by atoms with Crippen molar-refractivity contribution in [3.8, 4) is 6.07 Å². The minimum atomic E-state index is -3.67. The molecule has 1 atom stereocenters. The van der Waals surface area contributed by atoms with E-state index in [2.05, 4.69) is 11.0 Å². The lowest BCUT2D eigenvalue weighted by Gasteiger charge is -2.34. The van der Waals surface area contributed by atoms with Crippen molar-refractivity contribution in [3.63, 3.8) is 0 Å². The molecule has 1 aromatic carbocycles. The van der Waals surface area contributed by atoms with Gasteiger partial charge >= 0.3 is 0 Å². The predicted molar refractivity (Wildman–Crippen MR) is 81.4 cm³/mol. The molecule has 1 heterocycles. The highest BCUT2D eigenvalue weighted by atomic mass is 35.5. The Labute approximate surface area is 134 Å². The quantitative estimate of drug-likeness (QED) is 0.836. The van der Waals surface area contributed by atoms with Crippen LogP contribution in [0.15, 0.2) is 23.1 Å². The Balaban J connectivity index is 2.06. The number of nitrogens with zero attached hydrogens (tertiary/aromatic N) is 3. The SMILES string of the molecule is C[C@@H](C#N)CN1CCN(S(=O)(=O)c2ccc(F)c(Cl)c2)CC1. The van der Waals surface area contributed by atoms with Gasteiger partial charge in [0.2, 0.25) is 10.0 Å². The third-order valence-corrected chi connectivity index (χ3v) is 5.80. The molecule has 22 heavy (non-hydrogen) atoms. The minimum absolute atomic E-state index is 0.00209. The van der Waals surface area contributed by atoms with Crippen molar-refractivity contribution in [3.05, 3.63) is 29.0 Å². The fourth-order valence-electron chi connectivity index (χ4n) is 2.37. The smallest absolute Gasteiger partial charge is 0.243 e. The van der Waals surface area contributed by atoms with Gasteiger partial charge in [0.15, 0.2) is 0 Å². The molecule has 5 nitrogen and oxygen atoms in total. The van der Waals surface area contributed by atoms with Crippen LogP contribution in [0.3, 0.4) is 0 Å². The van der Waals surface area contributed by atoms with Gasteiger partial charge in [0.1, 0.15) is 5.82 Å². The molecule has 0 aliphatic carbocycles. The minimum Gasteiger partial charge on any atom is -0.299 e. The molecule has 120 valence electrons. The van der Waals surface area contributed by atoms with E-state index in [9.17, 15) is 12.8 Å². The topological polar surface area (TPSA) is 64.4 Å². The number of benzene rings is 1. The van der Waals surface area contributed by atoms with Crippen molar-refractivity contribution >= 4 is 21.6 Å². The third kappa shape index (κ3) is 3.76. The molecule has 0 saturated carbocycles. The first-order valence-electron chi connectivity index (χ1n) is 6.92. The average Bonchev–Trinajstić information content (AvgIpc) is 2.50. The summed E-state index contributed by atoms with van der Waals surface area (Å²) in [4.78, 5) is 2.06. The van der Waals surface area contributed by atoms with Crippen molar-refractivity contribution in [2.24, 2.45) is 5.92 Å². The van der Waals surface area contributed by atoms with Crippen LogP contribution in [0.4, 0.5) is 4.39 Å². The summed E-state index contributed by atoms with van der Waals surface area (Å²) in [5, 5.41) is 8.61. The van der Waals surface area contributed by atoms with E-state index in [1.165, 1.54) is 10.4 Å². The summed E-state index contributed by atoms with van der Waals surface area (Å²) in [6.07, 6.45) is 0. The first-order chi connectivity index (χ1) is 10.3. The normalized spacial score (nSPS) is 18.8. The van der Waals surface area contributed by atoms with E-state index in [-0.39, 0.29) is 15.8 Å². The number of rotatable bonds is 4. The molecule has 0 unspecified atom stereocenters. The van der Waals surface area contributed by atoms with Gasteiger partial charge in [-0.3, -0.25) is 4.90 Å². The highest BCUT2D eigenvalue weighted by Gasteiger charge is 2.29. The molecule has 8 heteroatoms. The fourth-order valence-corrected chi connectivity index (χ4v) is 4.06. The molecule has 2 rings (SSSR count). The van der Waals surface area contributed by atoms with Crippen LogP contribution >= 0.6 is 11.6 Å². The van der Waals surface area contributed by atoms with Crippen LogP contribution in [0.25, 0.3) is 0 Å².